The summed E-state index contributed by atoms with van der Waals surface area (Å²) >= 11 is 6.77. The summed E-state index contributed by atoms with van der Waals surface area (Å²) in [6.07, 6.45) is 2.96. The summed E-state index contributed by atoms with van der Waals surface area (Å²) in [4.78, 5) is 13.6. The molecule has 9 heteroatoms. The van der Waals surface area contributed by atoms with Crippen molar-refractivity contribution in [2.45, 2.75) is 13.8 Å². The van der Waals surface area contributed by atoms with E-state index in [0.29, 0.717) is 22.3 Å². The maximum Gasteiger partial charge on any atom is 0.341 e. The minimum Gasteiger partial charge on any atom is -0.462 e. The van der Waals surface area contributed by atoms with Gasteiger partial charge in [-0.3, -0.25) is 5.43 Å². The van der Waals surface area contributed by atoms with Gasteiger partial charge in [0, 0.05) is 10.4 Å². The van der Waals surface area contributed by atoms with Crippen molar-refractivity contribution in [1.82, 2.24) is 14.9 Å². The third kappa shape index (κ3) is 3.89. The highest BCUT2D eigenvalue weighted by Crippen LogP contribution is 2.40. The zero-order valence-corrected chi connectivity index (χ0v) is 15.9. The largest absolute Gasteiger partial charge is 0.462 e. The minimum atomic E-state index is -0.384. The second kappa shape index (κ2) is 8.07. The SMILES string of the molecule is CCOC(=O)c1c(NC(=S)Nn2cnnc2)sc(C)c1-c1ccccc1. The number of ether oxygens (including phenoxy) is 1. The van der Waals surface area contributed by atoms with E-state index >= 15 is 0 Å². The number of nitrogens with zero attached hydrogens (tertiary/aromatic N) is 3. The van der Waals surface area contributed by atoms with Gasteiger partial charge in [-0.05, 0) is 31.6 Å². The molecule has 134 valence electrons. The molecule has 0 unspecified atom stereocenters. The Morgan fingerprint density at radius 1 is 1.27 bits per heavy atom. The van der Waals surface area contributed by atoms with Crippen LogP contribution in [-0.2, 0) is 4.74 Å². The number of anilines is 1. The van der Waals surface area contributed by atoms with Gasteiger partial charge in [0.2, 0.25) is 0 Å². The van der Waals surface area contributed by atoms with E-state index < -0.39 is 0 Å². The van der Waals surface area contributed by atoms with Crippen LogP contribution in [0.4, 0.5) is 5.00 Å². The number of nitrogens with one attached hydrogen (secondary N) is 2. The average molecular weight is 387 g/mol. The number of hydrogen-bond donors (Lipinski definition) is 2. The third-order valence-electron chi connectivity index (χ3n) is 3.50. The summed E-state index contributed by atoms with van der Waals surface area (Å²) < 4.78 is 6.78. The van der Waals surface area contributed by atoms with E-state index in [-0.39, 0.29) is 5.97 Å². The number of hydrogen-bond acceptors (Lipinski definition) is 6. The highest BCUT2D eigenvalue weighted by molar-refractivity contribution is 7.80. The van der Waals surface area contributed by atoms with Crippen molar-refractivity contribution in [3.05, 3.63) is 53.4 Å². The highest BCUT2D eigenvalue weighted by atomic mass is 32.1. The van der Waals surface area contributed by atoms with E-state index in [1.54, 1.807) is 6.92 Å². The Morgan fingerprint density at radius 3 is 2.62 bits per heavy atom. The molecule has 3 rings (SSSR count). The van der Waals surface area contributed by atoms with Gasteiger partial charge in [0.25, 0.3) is 0 Å². The van der Waals surface area contributed by atoms with Crippen LogP contribution in [0.5, 0.6) is 0 Å². The van der Waals surface area contributed by atoms with E-state index in [0.717, 1.165) is 16.0 Å². The van der Waals surface area contributed by atoms with Gasteiger partial charge < -0.3 is 10.1 Å². The number of aromatic nitrogens is 3. The Morgan fingerprint density at radius 2 is 1.96 bits per heavy atom. The molecule has 0 saturated heterocycles. The summed E-state index contributed by atoms with van der Waals surface area (Å²) in [5.74, 6) is -0.384. The zero-order valence-electron chi connectivity index (χ0n) is 14.2. The zero-order chi connectivity index (χ0) is 18.5. The first kappa shape index (κ1) is 18.0. The lowest BCUT2D eigenvalue weighted by Gasteiger charge is -2.11. The fourth-order valence-corrected chi connectivity index (χ4v) is 3.83. The monoisotopic (exact) mass is 387 g/mol. The van der Waals surface area contributed by atoms with Gasteiger partial charge in [0.1, 0.15) is 23.2 Å². The van der Waals surface area contributed by atoms with Crippen molar-refractivity contribution in [3.63, 3.8) is 0 Å². The van der Waals surface area contributed by atoms with Crippen molar-refractivity contribution < 1.29 is 9.53 Å². The van der Waals surface area contributed by atoms with Crippen molar-refractivity contribution >= 4 is 39.6 Å². The molecule has 0 aliphatic heterocycles. The van der Waals surface area contributed by atoms with Gasteiger partial charge in [0.15, 0.2) is 5.11 Å². The number of rotatable bonds is 5. The maximum absolute atomic E-state index is 12.6. The summed E-state index contributed by atoms with van der Waals surface area (Å²) in [5, 5.41) is 11.4. The molecule has 0 radical (unpaired) electrons. The van der Waals surface area contributed by atoms with Crippen LogP contribution in [0.25, 0.3) is 11.1 Å². The molecule has 1 aromatic carbocycles. The summed E-state index contributed by atoms with van der Waals surface area (Å²) in [7, 11) is 0. The number of benzene rings is 1. The molecule has 2 aromatic heterocycles. The first-order chi connectivity index (χ1) is 12.6. The lowest BCUT2D eigenvalue weighted by atomic mass is 10.0. The van der Waals surface area contributed by atoms with E-state index in [1.807, 2.05) is 37.3 Å². The van der Waals surface area contributed by atoms with Crippen molar-refractivity contribution in [3.8, 4) is 11.1 Å². The standard InChI is InChI=1S/C17H17N5O2S2/c1-3-24-16(23)14-13(12-7-5-4-6-8-12)11(2)26-15(14)20-17(25)21-22-9-18-19-10-22/h4-10H,3H2,1-2H3,(H2,20,21,25). The van der Waals surface area contributed by atoms with Crippen LogP contribution in [0.15, 0.2) is 43.0 Å². The first-order valence-corrected chi connectivity index (χ1v) is 9.11. The van der Waals surface area contributed by atoms with E-state index in [1.165, 1.54) is 28.7 Å². The molecule has 7 nitrogen and oxygen atoms in total. The Kier molecular flexibility index (Phi) is 5.59. The Balaban J connectivity index is 1.96. The van der Waals surface area contributed by atoms with Gasteiger partial charge in [-0.2, -0.15) is 0 Å². The van der Waals surface area contributed by atoms with Crippen LogP contribution in [0.3, 0.4) is 0 Å². The molecule has 0 aliphatic rings. The topological polar surface area (TPSA) is 81.1 Å². The van der Waals surface area contributed by atoms with Gasteiger partial charge in [-0.25, -0.2) is 9.47 Å². The second-order valence-corrected chi connectivity index (χ2v) is 6.89. The van der Waals surface area contributed by atoms with Gasteiger partial charge >= 0.3 is 5.97 Å². The van der Waals surface area contributed by atoms with E-state index in [9.17, 15) is 4.79 Å². The van der Waals surface area contributed by atoms with Crippen LogP contribution >= 0.6 is 23.6 Å². The number of thiophene rings is 1. The molecular weight excluding hydrogens is 370 g/mol. The summed E-state index contributed by atoms with van der Waals surface area (Å²) in [5.41, 5.74) is 5.19. The van der Waals surface area contributed by atoms with Gasteiger partial charge in [-0.1, -0.05) is 30.3 Å². The number of esters is 1. The number of carbonyl (C=O) groups excluding carboxylic acids is 1. The van der Waals surface area contributed by atoms with Crippen LogP contribution in [0.1, 0.15) is 22.2 Å². The molecule has 0 fully saturated rings. The van der Waals surface area contributed by atoms with Gasteiger partial charge in [0.05, 0.1) is 6.61 Å². The lowest BCUT2D eigenvalue weighted by molar-refractivity contribution is 0.0529. The van der Waals surface area contributed by atoms with E-state index in [4.69, 9.17) is 17.0 Å². The Labute approximate surface area is 160 Å². The lowest BCUT2D eigenvalue weighted by Crippen LogP contribution is -2.26. The van der Waals surface area contributed by atoms with Crippen LogP contribution < -0.4 is 10.7 Å². The van der Waals surface area contributed by atoms with Crippen molar-refractivity contribution in [2.24, 2.45) is 0 Å². The van der Waals surface area contributed by atoms with Crippen molar-refractivity contribution in [2.75, 3.05) is 17.3 Å². The quantitative estimate of drug-likeness (QED) is 0.513. The molecule has 0 saturated carbocycles. The van der Waals surface area contributed by atoms with Crippen LogP contribution in [0, 0.1) is 6.92 Å². The molecular formula is C17H17N5O2S2. The molecule has 3 aromatic rings. The highest BCUT2D eigenvalue weighted by Gasteiger charge is 2.24. The summed E-state index contributed by atoms with van der Waals surface area (Å²) in [6.45, 7) is 4.05. The van der Waals surface area contributed by atoms with Crippen LogP contribution in [-0.4, -0.2) is 32.6 Å². The molecule has 0 aliphatic carbocycles. The molecule has 2 N–H and O–H groups in total. The molecule has 0 bridgehead atoms. The molecule has 0 amide bonds. The second-order valence-electron chi connectivity index (χ2n) is 5.26. The minimum absolute atomic E-state index is 0.296. The summed E-state index contributed by atoms with van der Waals surface area (Å²) in [6, 6.07) is 9.75. The predicted molar refractivity (Wildman–Crippen MR) is 106 cm³/mol. The molecule has 26 heavy (non-hydrogen) atoms. The smallest absolute Gasteiger partial charge is 0.341 e. The number of thiocarbonyl (C=S) groups is 1. The predicted octanol–water partition coefficient (Wildman–Crippen LogP) is 3.43. The molecule has 0 atom stereocenters. The molecule has 2 heterocycles. The number of carbonyl (C=O) groups is 1. The fraction of sp³-hybridized carbons (Fsp3) is 0.176. The third-order valence-corrected chi connectivity index (χ3v) is 4.72. The molecule has 0 spiro atoms. The fourth-order valence-electron chi connectivity index (χ4n) is 2.49. The van der Waals surface area contributed by atoms with Gasteiger partial charge in [-0.15, -0.1) is 21.5 Å². The Bertz CT molecular complexity index is 907. The number of aryl methyl sites for hydroxylation is 1. The normalized spacial score (nSPS) is 10.4. The Hall–Kier alpha value is -2.78. The van der Waals surface area contributed by atoms with E-state index in [2.05, 4.69) is 20.9 Å². The first-order valence-electron chi connectivity index (χ1n) is 7.88. The van der Waals surface area contributed by atoms with Crippen molar-refractivity contribution in [1.29, 1.82) is 0 Å². The maximum atomic E-state index is 12.6. The average Bonchev–Trinajstić information content (AvgIpc) is 3.23. The van der Waals surface area contributed by atoms with Crippen LogP contribution in [0.2, 0.25) is 0 Å².